The molecular formula is C12H7FN2O3. The van der Waals surface area contributed by atoms with Crippen molar-refractivity contribution in [3.8, 4) is 0 Å². The normalized spacial score (nSPS) is 11.2. The van der Waals surface area contributed by atoms with Crippen molar-refractivity contribution < 1.29 is 14.3 Å². The van der Waals surface area contributed by atoms with Gasteiger partial charge in [0, 0.05) is 17.0 Å². The molecule has 6 heteroatoms. The molecule has 0 spiro atoms. The van der Waals surface area contributed by atoms with Crippen LogP contribution in [0.4, 0.5) is 4.39 Å². The van der Waals surface area contributed by atoms with Crippen LogP contribution in [0.25, 0.3) is 21.8 Å². The molecule has 3 aromatic rings. The van der Waals surface area contributed by atoms with E-state index in [2.05, 4.69) is 9.97 Å². The van der Waals surface area contributed by atoms with Gasteiger partial charge in [-0.1, -0.05) is 0 Å². The van der Waals surface area contributed by atoms with Gasteiger partial charge in [-0.15, -0.1) is 0 Å². The molecule has 0 bridgehead atoms. The van der Waals surface area contributed by atoms with Gasteiger partial charge in [0.15, 0.2) is 0 Å². The monoisotopic (exact) mass is 246 g/mol. The highest BCUT2D eigenvalue weighted by atomic mass is 19.1. The predicted molar refractivity (Wildman–Crippen MR) is 63.3 cm³/mol. The third-order valence-electron chi connectivity index (χ3n) is 2.84. The van der Waals surface area contributed by atoms with Crippen LogP contribution in [0.1, 0.15) is 10.4 Å². The highest BCUT2D eigenvalue weighted by Gasteiger charge is 2.16. The van der Waals surface area contributed by atoms with E-state index in [-0.39, 0.29) is 16.6 Å². The van der Waals surface area contributed by atoms with E-state index in [1.165, 1.54) is 18.3 Å². The first-order chi connectivity index (χ1) is 8.58. The molecule has 2 aromatic heterocycles. The summed E-state index contributed by atoms with van der Waals surface area (Å²) in [6.45, 7) is 0. The lowest BCUT2D eigenvalue weighted by molar-refractivity contribution is 0.0699. The number of halogens is 1. The highest BCUT2D eigenvalue weighted by molar-refractivity contribution is 6.14. The number of benzene rings is 1. The van der Waals surface area contributed by atoms with Gasteiger partial charge in [0.25, 0.3) is 5.56 Å². The largest absolute Gasteiger partial charge is 0.478 e. The van der Waals surface area contributed by atoms with Crippen molar-refractivity contribution in [2.24, 2.45) is 0 Å². The number of hydrogen-bond donors (Lipinski definition) is 3. The molecule has 3 N–H and O–H groups in total. The molecule has 0 fully saturated rings. The smallest absolute Gasteiger partial charge is 0.337 e. The Kier molecular flexibility index (Phi) is 2.00. The van der Waals surface area contributed by atoms with E-state index in [1.54, 1.807) is 0 Å². The van der Waals surface area contributed by atoms with E-state index in [0.29, 0.717) is 10.8 Å². The van der Waals surface area contributed by atoms with Crippen molar-refractivity contribution in [3.05, 3.63) is 46.1 Å². The number of rotatable bonds is 1. The molecule has 0 aliphatic carbocycles. The van der Waals surface area contributed by atoms with Crippen LogP contribution in [-0.4, -0.2) is 21.0 Å². The van der Waals surface area contributed by atoms with Crippen molar-refractivity contribution in [2.45, 2.75) is 0 Å². The Labute approximate surface area is 98.9 Å². The maximum atomic E-state index is 13.1. The van der Waals surface area contributed by atoms with E-state index >= 15 is 0 Å². The van der Waals surface area contributed by atoms with E-state index in [4.69, 9.17) is 5.11 Å². The Morgan fingerprint density at radius 1 is 1.33 bits per heavy atom. The van der Waals surface area contributed by atoms with Gasteiger partial charge in [0.1, 0.15) is 11.3 Å². The first-order valence-electron chi connectivity index (χ1n) is 5.14. The number of carbonyl (C=O) groups is 1. The van der Waals surface area contributed by atoms with Crippen molar-refractivity contribution in [2.75, 3.05) is 0 Å². The number of carboxylic acids is 1. The molecule has 90 valence electrons. The van der Waals surface area contributed by atoms with Crippen LogP contribution >= 0.6 is 0 Å². The maximum absolute atomic E-state index is 13.1. The molecule has 18 heavy (non-hydrogen) atoms. The highest BCUT2D eigenvalue weighted by Crippen LogP contribution is 2.24. The summed E-state index contributed by atoms with van der Waals surface area (Å²) in [4.78, 5) is 28.0. The van der Waals surface area contributed by atoms with Crippen molar-refractivity contribution in [1.82, 2.24) is 9.97 Å². The quantitative estimate of drug-likeness (QED) is 0.612. The lowest BCUT2D eigenvalue weighted by Crippen LogP contribution is -2.07. The maximum Gasteiger partial charge on any atom is 0.337 e. The van der Waals surface area contributed by atoms with Gasteiger partial charge in [-0.2, -0.15) is 0 Å². The SMILES string of the molecule is O=C(O)c1c[nH]c2c(=O)[nH]c3cc(F)ccc3c12. The fourth-order valence-electron chi connectivity index (χ4n) is 2.07. The van der Waals surface area contributed by atoms with E-state index in [9.17, 15) is 14.0 Å². The Morgan fingerprint density at radius 2 is 2.11 bits per heavy atom. The summed E-state index contributed by atoms with van der Waals surface area (Å²) in [5.74, 6) is -1.64. The zero-order valence-electron chi connectivity index (χ0n) is 8.95. The van der Waals surface area contributed by atoms with Crippen LogP contribution in [-0.2, 0) is 0 Å². The summed E-state index contributed by atoms with van der Waals surface area (Å²) in [5.41, 5.74) is -0.0376. The van der Waals surface area contributed by atoms with Crippen molar-refractivity contribution in [3.63, 3.8) is 0 Å². The molecule has 0 aliphatic heterocycles. The third kappa shape index (κ3) is 1.32. The van der Waals surface area contributed by atoms with Gasteiger partial charge >= 0.3 is 5.97 Å². The number of H-pyrrole nitrogens is 2. The number of aromatic nitrogens is 2. The molecule has 3 rings (SSSR count). The van der Waals surface area contributed by atoms with Gasteiger partial charge < -0.3 is 15.1 Å². The summed E-state index contributed by atoms with van der Waals surface area (Å²) < 4.78 is 13.1. The molecule has 0 unspecified atom stereocenters. The first-order valence-corrected chi connectivity index (χ1v) is 5.14. The number of nitrogens with one attached hydrogen (secondary N) is 2. The summed E-state index contributed by atoms with van der Waals surface area (Å²) in [6, 6.07) is 3.83. The average Bonchev–Trinajstić information content (AvgIpc) is 2.74. The van der Waals surface area contributed by atoms with Gasteiger partial charge in [-0.3, -0.25) is 4.79 Å². The van der Waals surface area contributed by atoms with Crippen LogP contribution in [0.3, 0.4) is 0 Å². The van der Waals surface area contributed by atoms with Crippen LogP contribution in [0, 0.1) is 5.82 Å². The minimum Gasteiger partial charge on any atom is -0.478 e. The van der Waals surface area contributed by atoms with Crippen LogP contribution in [0.2, 0.25) is 0 Å². The second-order valence-electron chi connectivity index (χ2n) is 3.90. The summed E-state index contributed by atoms with van der Waals surface area (Å²) in [5, 5.41) is 9.85. The Hall–Kier alpha value is -2.63. The molecule has 0 aliphatic rings. The Bertz CT molecular complexity index is 848. The standard InChI is InChI=1S/C12H7FN2O3/c13-5-1-2-6-8(3-5)15-11(16)10-9(6)7(4-14-10)12(17)18/h1-4,14H,(H,15,16)(H,17,18). The number of aromatic carboxylic acids is 1. The van der Waals surface area contributed by atoms with E-state index in [0.717, 1.165) is 6.07 Å². The van der Waals surface area contributed by atoms with Crippen molar-refractivity contribution in [1.29, 1.82) is 0 Å². The summed E-state index contributed by atoms with van der Waals surface area (Å²) >= 11 is 0. The molecular weight excluding hydrogens is 239 g/mol. The van der Waals surface area contributed by atoms with Gasteiger partial charge in [-0.05, 0) is 18.2 Å². The predicted octanol–water partition coefficient (Wildman–Crippen LogP) is 1.85. The number of carboxylic acid groups (broad SMARTS) is 1. The van der Waals surface area contributed by atoms with Crippen molar-refractivity contribution >= 4 is 27.8 Å². The molecule has 0 amide bonds. The zero-order chi connectivity index (χ0) is 12.9. The number of fused-ring (bicyclic) bond motifs is 3. The van der Waals surface area contributed by atoms with Crippen LogP contribution < -0.4 is 5.56 Å². The lowest BCUT2D eigenvalue weighted by Gasteiger charge is -2.01. The second kappa shape index (κ2) is 3.43. The summed E-state index contributed by atoms with van der Waals surface area (Å²) in [7, 11) is 0. The molecule has 2 heterocycles. The number of aromatic amines is 2. The van der Waals surface area contributed by atoms with E-state index < -0.39 is 17.3 Å². The fraction of sp³-hybridized carbons (Fsp3) is 0. The third-order valence-corrected chi connectivity index (χ3v) is 2.84. The molecule has 1 aromatic carbocycles. The van der Waals surface area contributed by atoms with Crippen LogP contribution in [0.15, 0.2) is 29.2 Å². The fourth-order valence-corrected chi connectivity index (χ4v) is 2.07. The second-order valence-corrected chi connectivity index (χ2v) is 3.90. The van der Waals surface area contributed by atoms with Gasteiger partial charge in [0.2, 0.25) is 0 Å². The molecule has 0 saturated carbocycles. The zero-order valence-corrected chi connectivity index (χ0v) is 8.95. The van der Waals surface area contributed by atoms with Crippen LogP contribution in [0.5, 0.6) is 0 Å². The molecule has 0 saturated heterocycles. The Balaban J connectivity index is 2.62. The molecule has 0 atom stereocenters. The average molecular weight is 246 g/mol. The Morgan fingerprint density at radius 3 is 2.83 bits per heavy atom. The molecule has 5 nitrogen and oxygen atoms in total. The van der Waals surface area contributed by atoms with Gasteiger partial charge in [-0.25, -0.2) is 9.18 Å². The van der Waals surface area contributed by atoms with E-state index in [1.807, 2.05) is 0 Å². The van der Waals surface area contributed by atoms with Gasteiger partial charge in [0.05, 0.1) is 11.1 Å². The molecule has 0 radical (unpaired) electrons. The number of pyridine rings is 1. The minimum atomic E-state index is -1.14. The minimum absolute atomic E-state index is 0.00675. The summed E-state index contributed by atoms with van der Waals surface area (Å²) in [6.07, 6.45) is 1.25. The number of hydrogen-bond acceptors (Lipinski definition) is 2. The lowest BCUT2D eigenvalue weighted by atomic mass is 10.1. The topological polar surface area (TPSA) is 85.9 Å². The first kappa shape index (κ1) is 10.5.